The number of carbonyl (C=O) groups is 1. The number of carbonyl (C=O) groups excluding carboxylic acids is 1. The SMILES string of the molecule is CCCCC(CCC)NC(=O)[C@@H](N)CCC. The molecule has 0 radical (unpaired) electrons. The van der Waals surface area contributed by atoms with E-state index in [1.807, 2.05) is 6.92 Å². The van der Waals surface area contributed by atoms with Gasteiger partial charge in [-0.15, -0.1) is 0 Å². The van der Waals surface area contributed by atoms with Gasteiger partial charge >= 0.3 is 0 Å². The van der Waals surface area contributed by atoms with E-state index in [-0.39, 0.29) is 11.9 Å². The third kappa shape index (κ3) is 6.83. The van der Waals surface area contributed by atoms with Gasteiger partial charge in [-0.3, -0.25) is 4.79 Å². The Morgan fingerprint density at radius 1 is 1.06 bits per heavy atom. The molecule has 3 heteroatoms. The smallest absolute Gasteiger partial charge is 0.237 e. The van der Waals surface area contributed by atoms with Crippen molar-refractivity contribution in [1.82, 2.24) is 5.32 Å². The van der Waals surface area contributed by atoms with Gasteiger partial charge in [0, 0.05) is 6.04 Å². The number of amides is 1. The lowest BCUT2D eigenvalue weighted by molar-refractivity contribution is -0.123. The van der Waals surface area contributed by atoms with E-state index < -0.39 is 0 Å². The van der Waals surface area contributed by atoms with Gasteiger partial charge in [0.05, 0.1) is 6.04 Å². The van der Waals surface area contributed by atoms with Crippen molar-refractivity contribution in [3.05, 3.63) is 0 Å². The zero-order valence-corrected chi connectivity index (χ0v) is 11.1. The summed E-state index contributed by atoms with van der Waals surface area (Å²) in [6, 6.07) is -0.00802. The second kappa shape index (κ2) is 9.64. The maximum absolute atomic E-state index is 11.7. The number of hydrogen-bond donors (Lipinski definition) is 2. The first-order chi connectivity index (χ1) is 7.65. The third-order valence-electron chi connectivity index (χ3n) is 2.83. The van der Waals surface area contributed by atoms with Crippen LogP contribution in [0, 0.1) is 0 Å². The predicted octanol–water partition coefficient (Wildman–Crippen LogP) is 2.59. The molecule has 16 heavy (non-hydrogen) atoms. The minimum atomic E-state index is -0.328. The van der Waals surface area contributed by atoms with Crippen LogP contribution in [0.2, 0.25) is 0 Å². The molecular formula is C13H28N2O. The van der Waals surface area contributed by atoms with Crippen LogP contribution in [0.25, 0.3) is 0 Å². The van der Waals surface area contributed by atoms with Crippen LogP contribution in [0.4, 0.5) is 0 Å². The largest absolute Gasteiger partial charge is 0.352 e. The van der Waals surface area contributed by atoms with Crippen LogP contribution in [-0.2, 0) is 4.79 Å². The molecule has 3 nitrogen and oxygen atoms in total. The van der Waals surface area contributed by atoms with Crippen molar-refractivity contribution in [2.75, 3.05) is 0 Å². The Balaban J connectivity index is 4.00. The molecular weight excluding hydrogens is 200 g/mol. The highest BCUT2D eigenvalue weighted by Gasteiger charge is 2.16. The maximum Gasteiger partial charge on any atom is 0.237 e. The van der Waals surface area contributed by atoms with Crippen molar-refractivity contribution in [3.63, 3.8) is 0 Å². The molecule has 1 amide bonds. The molecule has 0 bridgehead atoms. The lowest BCUT2D eigenvalue weighted by Gasteiger charge is -2.20. The number of nitrogens with one attached hydrogen (secondary N) is 1. The van der Waals surface area contributed by atoms with Crippen molar-refractivity contribution in [1.29, 1.82) is 0 Å². The summed E-state index contributed by atoms with van der Waals surface area (Å²) in [6.07, 6.45) is 7.34. The Labute approximate surface area is 100 Å². The number of nitrogens with two attached hydrogens (primary N) is 1. The Hall–Kier alpha value is -0.570. The first-order valence-electron chi connectivity index (χ1n) is 6.71. The minimum Gasteiger partial charge on any atom is -0.352 e. The Bertz CT molecular complexity index is 183. The van der Waals surface area contributed by atoms with Gasteiger partial charge in [0.2, 0.25) is 5.91 Å². The van der Waals surface area contributed by atoms with E-state index in [9.17, 15) is 4.79 Å². The summed E-state index contributed by atoms with van der Waals surface area (Å²) in [5.74, 6) is 0.0244. The minimum absolute atomic E-state index is 0.0244. The van der Waals surface area contributed by atoms with Gasteiger partial charge in [0.1, 0.15) is 0 Å². The third-order valence-corrected chi connectivity index (χ3v) is 2.83. The molecule has 0 saturated carbocycles. The van der Waals surface area contributed by atoms with Crippen LogP contribution in [-0.4, -0.2) is 18.0 Å². The zero-order valence-electron chi connectivity index (χ0n) is 11.1. The normalized spacial score (nSPS) is 14.5. The molecule has 96 valence electrons. The van der Waals surface area contributed by atoms with Crippen molar-refractivity contribution >= 4 is 5.91 Å². The standard InChI is InChI=1S/C13H28N2O/c1-4-7-10-11(8-5-2)15-13(16)12(14)9-6-3/h11-12H,4-10,14H2,1-3H3,(H,15,16)/t11?,12-/m0/s1. The summed E-state index contributed by atoms with van der Waals surface area (Å²) in [7, 11) is 0. The molecule has 0 saturated heterocycles. The molecule has 0 aliphatic carbocycles. The Kier molecular flexibility index (Phi) is 9.30. The Morgan fingerprint density at radius 3 is 2.19 bits per heavy atom. The van der Waals surface area contributed by atoms with E-state index >= 15 is 0 Å². The molecule has 0 aromatic heterocycles. The molecule has 0 spiro atoms. The number of unbranched alkanes of at least 4 members (excludes halogenated alkanes) is 1. The summed E-state index contributed by atoms with van der Waals surface area (Å²) in [5, 5.41) is 3.07. The fourth-order valence-electron chi connectivity index (χ4n) is 1.84. The van der Waals surface area contributed by atoms with Gasteiger partial charge in [0.15, 0.2) is 0 Å². The van der Waals surface area contributed by atoms with Crippen LogP contribution in [0.1, 0.15) is 65.7 Å². The quantitative estimate of drug-likeness (QED) is 0.637. The monoisotopic (exact) mass is 228 g/mol. The van der Waals surface area contributed by atoms with E-state index in [1.54, 1.807) is 0 Å². The first-order valence-corrected chi connectivity index (χ1v) is 6.71. The summed E-state index contributed by atoms with van der Waals surface area (Å²) >= 11 is 0. The molecule has 0 aromatic carbocycles. The van der Waals surface area contributed by atoms with Gasteiger partial charge in [0.25, 0.3) is 0 Å². The summed E-state index contributed by atoms with van der Waals surface area (Å²) in [4.78, 5) is 11.7. The van der Waals surface area contributed by atoms with E-state index in [0.717, 1.165) is 32.1 Å². The highest BCUT2D eigenvalue weighted by molar-refractivity contribution is 5.81. The lowest BCUT2D eigenvalue weighted by Crippen LogP contribution is -2.45. The zero-order chi connectivity index (χ0) is 12.4. The summed E-state index contributed by atoms with van der Waals surface area (Å²) in [6.45, 7) is 6.37. The van der Waals surface area contributed by atoms with Crippen LogP contribution < -0.4 is 11.1 Å². The average Bonchev–Trinajstić information content (AvgIpc) is 2.26. The topological polar surface area (TPSA) is 55.1 Å². The molecule has 0 fully saturated rings. The van der Waals surface area contributed by atoms with Crippen LogP contribution in [0.15, 0.2) is 0 Å². The lowest BCUT2D eigenvalue weighted by atomic mass is 10.0. The van der Waals surface area contributed by atoms with Crippen LogP contribution in [0.3, 0.4) is 0 Å². The molecule has 0 aliphatic heterocycles. The van der Waals surface area contributed by atoms with E-state index in [0.29, 0.717) is 6.04 Å². The van der Waals surface area contributed by atoms with Gasteiger partial charge in [-0.1, -0.05) is 46.5 Å². The van der Waals surface area contributed by atoms with Crippen molar-refractivity contribution in [3.8, 4) is 0 Å². The number of hydrogen-bond acceptors (Lipinski definition) is 2. The van der Waals surface area contributed by atoms with Crippen molar-refractivity contribution < 1.29 is 4.79 Å². The van der Waals surface area contributed by atoms with E-state index in [4.69, 9.17) is 5.73 Å². The molecule has 0 heterocycles. The van der Waals surface area contributed by atoms with Gasteiger partial charge in [-0.25, -0.2) is 0 Å². The van der Waals surface area contributed by atoms with Gasteiger partial charge in [-0.05, 0) is 19.3 Å². The molecule has 1 unspecified atom stereocenters. The van der Waals surface area contributed by atoms with E-state index in [2.05, 4.69) is 19.2 Å². The van der Waals surface area contributed by atoms with Gasteiger partial charge in [-0.2, -0.15) is 0 Å². The number of rotatable bonds is 9. The highest BCUT2D eigenvalue weighted by Crippen LogP contribution is 2.07. The highest BCUT2D eigenvalue weighted by atomic mass is 16.2. The van der Waals surface area contributed by atoms with Crippen LogP contribution in [0.5, 0.6) is 0 Å². The fourth-order valence-corrected chi connectivity index (χ4v) is 1.84. The second-order valence-corrected chi connectivity index (χ2v) is 4.53. The molecule has 0 aromatic rings. The van der Waals surface area contributed by atoms with Gasteiger partial charge < -0.3 is 11.1 Å². The van der Waals surface area contributed by atoms with Crippen molar-refractivity contribution in [2.45, 2.75) is 77.8 Å². The molecule has 2 atom stereocenters. The van der Waals surface area contributed by atoms with Crippen molar-refractivity contribution in [2.24, 2.45) is 5.73 Å². The second-order valence-electron chi connectivity index (χ2n) is 4.53. The summed E-state index contributed by atoms with van der Waals surface area (Å²) < 4.78 is 0. The Morgan fingerprint density at radius 2 is 1.69 bits per heavy atom. The maximum atomic E-state index is 11.7. The molecule has 0 rings (SSSR count). The fraction of sp³-hybridized carbons (Fsp3) is 0.923. The summed E-state index contributed by atoms with van der Waals surface area (Å²) in [5.41, 5.74) is 5.79. The molecule has 3 N–H and O–H groups in total. The molecule has 0 aliphatic rings. The predicted molar refractivity (Wildman–Crippen MR) is 69.2 cm³/mol. The first kappa shape index (κ1) is 15.4. The van der Waals surface area contributed by atoms with Crippen LogP contribution >= 0.6 is 0 Å². The average molecular weight is 228 g/mol. The van der Waals surface area contributed by atoms with E-state index in [1.165, 1.54) is 12.8 Å².